The highest BCUT2D eigenvalue weighted by Crippen LogP contribution is 2.30. The van der Waals surface area contributed by atoms with Gasteiger partial charge in [0.2, 0.25) is 5.89 Å². The number of rotatable bonds is 7. The molecule has 1 fully saturated rings. The average Bonchev–Trinajstić information content (AvgIpc) is 3.34. The highest BCUT2D eigenvalue weighted by Gasteiger charge is 2.31. The Morgan fingerprint density at radius 1 is 1.26 bits per heavy atom. The number of benzene rings is 1. The van der Waals surface area contributed by atoms with Gasteiger partial charge in [0.1, 0.15) is 5.82 Å². The monoisotopic (exact) mass is 369 g/mol. The molecule has 2 heterocycles. The minimum absolute atomic E-state index is 0.252. The van der Waals surface area contributed by atoms with Crippen molar-refractivity contribution in [3.63, 3.8) is 0 Å². The second kappa shape index (κ2) is 7.23. The van der Waals surface area contributed by atoms with Gasteiger partial charge in [0.25, 0.3) is 0 Å². The van der Waals surface area contributed by atoms with Crippen LogP contribution in [0.2, 0.25) is 0 Å². The lowest BCUT2D eigenvalue weighted by Crippen LogP contribution is -2.25. The molecule has 27 heavy (non-hydrogen) atoms. The van der Waals surface area contributed by atoms with Crippen LogP contribution in [0.3, 0.4) is 0 Å². The zero-order chi connectivity index (χ0) is 19.0. The van der Waals surface area contributed by atoms with E-state index in [2.05, 4.69) is 34.0 Å². The number of aryl methyl sites for hydroxylation is 2. The van der Waals surface area contributed by atoms with Crippen LogP contribution in [-0.4, -0.2) is 30.9 Å². The summed E-state index contributed by atoms with van der Waals surface area (Å²) in [5.41, 5.74) is 4.36. The standard InChI is InChI=1S/C20H24FN5O/c1-13-18(14(2)25(3)23-13)11-26(17-7-8-17)12-20-22-19(24-27-20)10-15-5-4-6-16(21)9-15/h4-6,9,17H,7-8,10-12H2,1-3H3. The van der Waals surface area contributed by atoms with Crippen molar-refractivity contribution in [1.29, 1.82) is 0 Å². The lowest BCUT2D eigenvalue weighted by Gasteiger charge is -2.20. The van der Waals surface area contributed by atoms with E-state index in [-0.39, 0.29) is 5.82 Å². The van der Waals surface area contributed by atoms with Crippen LogP contribution in [0, 0.1) is 19.7 Å². The Balaban J connectivity index is 1.46. The molecule has 0 aliphatic heterocycles. The molecule has 0 saturated heterocycles. The lowest BCUT2D eigenvalue weighted by atomic mass is 10.1. The third-order valence-corrected chi connectivity index (χ3v) is 5.18. The Labute approximate surface area is 158 Å². The van der Waals surface area contributed by atoms with Crippen molar-refractivity contribution >= 4 is 0 Å². The summed E-state index contributed by atoms with van der Waals surface area (Å²) < 4.78 is 20.7. The highest BCUT2D eigenvalue weighted by molar-refractivity contribution is 5.24. The van der Waals surface area contributed by atoms with Gasteiger partial charge in [-0.15, -0.1) is 0 Å². The van der Waals surface area contributed by atoms with E-state index in [1.807, 2.05) is 17.8 Å². The Morgan fingerprint density at radius 2 is 2.07 bits per heavy atom. The largest absolute Gasteiger partial charge is 0.338 e. The van der Waals surface area contributed by atoms with Crippen LogP contribution in [0.5, 0.6) is 0 Å². The molecule has 0 N–H and O–H groups in total. The molecule has 7 heteroatoms. The minimum atomic E-state index is -0.252. The van der Waals surface area contributed by atoms with Gasteiger partial charge in [0, 0.05) is 37.3 Å². The van der Waals surface area contributed by atoms with E-state index in [0.717, 1.165) is 17.8 Å². The van der Waals surface area contributed by atoms with Gasteiger partial charge < -0.3 is 4.52 Å². The zero-order valence-corrected chi connectivity index (χ0v) is 15.9. The van der Waals surface area contributed by atoms with E-state index < -0.39 is 0 Å². The molecule has 1 aliphatic rings. The first-order chi connectivity index (χ1) is 13.0. The fourth-order valence-corrected chi connectivity index (χ4v) is 3.43. The van der Waals surface area contributed by atoms with Crippen LogP contribution >= 0.6 is 0 Å². The first kappa shape index (κ1) is 17.9. The number of aromatic nitrogens is 4. The maximum absolute atomic E-state index is 13.3. The van der Waals surface area contributed by atoms with Crippen molar-refractivity contribution in [2.75, 3.05) is 0 Å². The van der Waals surface area contributed by atoms with E-state index in [0.29, 0.717) is 30.7 Å². The van der Waals surface area contributed by atoms with Crippen molar-refractivity contribution in [3.05, 3.63) is 64.3 Å². The van der Waals surface area contributed by atoms with Gasteiger partial charge >= 0.3 is 0 Å². The zero-order valence-electron chi connectivity index (χ0n) is 15.9. The third-order valence-electron chi connectivity index (χ3n) is 5.18. The van der Waals surface area contributed by atoms with Crippen LogP contribution in [0.15, 0.2) is 28.8 Å². The molecule has 1 saturated carbocycles. The number of hydrogen-bond acceptors (Lipinski definition) is 5. The summed E-state index contributed by atoms with van der Waals surface area (Å²) in [5.74, 6) is 0.936. The summed E-state index contributed by atoms with van der Waals surface area (Å²) in [5, 5.41) is 8.58. The maximum atomic E-state index is 13.3. The Hall–Kier alpha value is -2.54. The molecule has 2 aromatic heterocycles. The molecule has 0 unspecified atom stereocenters. The van der Waals surface area contributed by atoms with E-state index >= 15 is 0 Å². The lowest BCUT2D eigenvalue weighted by molar-refractivity contribution is 0.209. The highest BCUT2D eigenvalue weighted by atomic mass is 19.1. The molecule has 1 aliphatic carbocycles. The molecular formula is C20H24FN5O. The predicted molar refractivity (Wildman–Crippen MR) is 98.5 cm³/mol. The van der Waals surface area contributed by atoms with Gasteiger partial charge in [-0.25, -0.2) is 4.39 Å². The molecule has 3 aromatic rings. The molecule has 142 valence electrons. The second-order valence-electron chi connectivity index (χ2n) is 7.32. The Morgan fingerprint density at radius 3 is 2.74 bits per heavy atom. The minimum Gasteiger partial charge on any atom is -0.338 e. The SMILES string of the molecule is Cc1nn(C)c(C)c1CN(Cc1nc(Cc2cccc(F)c2)no1)C1CC1. The third kappa shape index (κ3) is 4.08. The van der Waals surface area contributed by atoms with Gasteiger partial charge in [0.15, 0.2) is 5.82 Å². The Kier molecular flexibility index (Phi) is 4.78. The van der Waals surface area contributed by atoms with E-state index in [9.17, 15) is 4.39 Å². The fraction of sp³-hybridized carbons (Fsp3) is 0.450. The number of halogens is 1. The Bertz CT molecular complexity index is 944. The van der Waals surface area contributed by atoms with Crippen molar-refractivity contribution in [3.8, 4) is 0 Å². The molecule has 4 rings (SSSR count). The van der Waals surface area contributed by atoms with Crippen molar-refractivity contribution in [2.24, 2.45) is 7.05 Å². The maximum Gasteiger partial charge on any atom is 0.240 e. The van der Waals surface area contributed by atoms with Crippen molar-refractivity contribution in [2.45, 2.75) is 52.2 Å². The normalized spacial score (nSPS) is 14.3. The molecule has 0 spiro atoms. The molecule has 1 aromatic carbocycles. The molecule has 6 nitrogen and oxygen atoms in total. The molecule has 0 radical (unpaired) electrons. The topological polar surface area (TPSA) is 60.0 Å². The van der Waals surface area contributed by atoms with Crippen LogP contribution in [0.25, 0.3) is 0 Å². The van der Waals surface area contributed by atoms with Crippen LogP contribution in [0.1, 0.15) is 47.1 Å². The fourth-order valence-electron chi connectivity index (χ4n) is 3.43. The molecule has 0 bridgehead atoms. The van der Waals surface area contributed by atoms with Gasteiger partial charge in [-0.3, -0.25) is 9.58 Å². The summed E-state index contributed by atoms with van der Waals surface area (Å²) in [4.78, 5) is 6.90. The molecule has 0 amide bonds. The average molecular weight is 369 g/mol. The van der Waals surface area contributed by atoms with Crippen molar-refractivity contribution < 1.29 is 8.91 Å². The van der Waals surface area contributed by atoms with Crippen LogP contribution in [-0.2, 0) is 26.6 Å². The summed E-state index contributed by atoms with van der Waals surface area (Å²) in [7, 11) is 1.98. The van der Waals surface area contributed by atoms with Gasteiger partial charge in [0.05, 0.1) is 12.2 Å². The summed E-state index contributed by atoms with van der Waals surface area (Å²) in [6, 6.07) is 7.05. The molecule has 0 atom stereocenters. The van der Waals surface area contributed by atoms with E-state index in [4.69, 9.17) is 4.52 Å². The number of hydrogen-bond donors (Lipinski definition) is 0. The van der Waals surface area contributed by atoms with Crippen molar-refractivity contribution in [1.82, 2.24) is 24.8 Å². The second-order valence-corrected chi connectivity index (χ2v) is 7.32. The molecular weight excluding hydrogens is 345 g/mol. The van der Waals surface area contributed by atoms with Gasteiger partial charge in [-0.1, -0.05) is 17.3 Å². The predicted octanol–water partition coefficient (Wildman–Crippen LogP) is 3.31. The number of nitrogens with zero attached hydrogens (tertiary/aromatic N) is 5. The quantitative estimate of drug-likeness (QED) is 0.639. The summed E-state index contributed by atoms with van der Waals surface area (Å²) in [6.45, 7) is 5.60. The van der Waals surface area contributed by atoms with E-state index in [1.165, 1.54) is 36.2 Å². The van der Waals surface area contributed by atoms with E-state index in [1.54, 1.807) is 6.07 Å². The first-order valence-electron chi connectivity index (χ1n) is 9.28. The van der Waals surface area contributed by atoms with Gasteiger partial charge in [-0.2, -0.15) is 10.1 Å². The van der Waals surface area contributed by atoms with Crippen LogP contribution < -0.4 is 0 Å². The van der Waals surface area contributed by atoms with Crippen LogP contribution in [0.4, 0.5) is 4.39 Å². The summed E-state index contributed by atoms with van der Waals surface area (Å²) in [6.07, 6.45) is 2.86. The smallest absolute Gasteiger partial charge is 0.240 e. The van der Waals surface area contributed by atoms with Gasteiger partial charge in [-0.05, 0) is 44.4 Å². The first-order valence-corrected chi connectivity index (χ1v) is 9.28. The summed E-state index contributed by atoms with van der Waals surface area (Å²) >= 11 is 0.